The van der Waals surface area contributed by atoms with E-state index in [1.54, 1.807) is 0 Å². The van der Waals surface area contributed by atoms with Crippen molar-refractivity contribution in [3.05, 3.63) is 11.4 Å². The van der Waals surface area contributed by atoms with Gasteiger partial charge in [-0.3, -0.25) is 4.57 Å². The first-order chi connectivity index (χ1) is 2.81. The second-order valence-corrected chi connectivity index (χ2v) is 1.91. The Kier molecular flexibility index (Phi) is 2.97. The molecule has 0 aromatic rings. The van der Waals surface area contributed by atoms with Gasteiger partial charge in [0.2, 0.25) is 0 Å². The normalized spacial score (nSPS) is 12.7. The molecule has 0 aromatic carbocycles. The molecule has 0 saturated carbocycles. The second kappa shape index (κ2) is 3.05. The molecule has 2 heteroatoms. The third kappa shape index (κ3) is 2.10. The molecular weight excluding hydrogens is 95.0 g/mol. The molecule has 0 aliphatic heterocycles. The van der Waals surface area contributed by atoms with Gasteiger partial charge in [-0.25, -0.2) is 0 Å². The summed E-state index contributed by atoms with van der Waals surface area (Å²) < 4.78 is 9.76. The van der Waals surface area contributed by atoms with Gasteiger partial charge in [0.05, 0.1) is 0 Å². The van der Waals surface area contributed by atoms with E-state index in [4.69, 9.17) is 0 Å². The quantitative estimate of drug-likeness (QED) is 0.464. The van der Waals surface area contributed by atoms with Gasteiger partial charge >= 0.3 is 0 Å². The van der Waals surface area contributed by atoms with E-state index in [-0.39, 0.29) is 8.46 Å². The minimum Gasteiger partial charge on any atom is -0.270 e. The zero-order valence-corrected chi connectivity index (χ0v) is 4.83. The monoisotopic (exact) mass is 102 g/mol. The van der Waals surface area contributed by atoms with Crippen molar-refractivity contribution >= 4 is 8.46 Å². The van der Waals surface area contributed by atoms with E-state index in [1.165, 1.54) is 0 Å². The molecule has 0 heterocycles. The molecular formula is C4H7OP. The highest BCUT2D eigenvalue weighted by Gasteiger charge is 1.74. The summed E-state index contributed by atoms with van der Waals surface area (Å²) in [5, 5.41) is 0.884. The predicted molar refractivity (Wildman–Crippen MR) is 27.0 cm³/mol. The fourth-order valence-electron chi connectivity index (χ4n) is 0.0527. The van der Waals surface area contributed by atoms with Crippen LogP contribution < -0.4 is 0 Å². The number of rotatable bonds is 1. The standard InChI is InChI=1S/C4H7OP/c1-3-4(2)6-5/h3H,1-2H3. The van der Waals surface area contributed by atoms with Gasteiger partial charge < -0.3 is 0 Å². The van der Waals surface area contributed by atoms with Crippen LogP contribution >= 0.6 is 8.46 Å². The lowest BCUT2D eigenvalue weighted by molar-refractivity contribution is 0.601. The topological polar surface area (TPSA) is 17.1 Å². The van der Waals surface area contributed by atoms with Gasteiger partial charge in [0.1, 0.15) is 0 Å². The lowest BCUT2D eigenvalue weighted by atomic mass is 10.6. The minimum atomic E-state index is 0.139. The zero-order valence-electron chi connectivity index (χ0n) is 3.93. The third-order valence-corrected chi connectivity index (χ3v) is 1.11. The maximum absolute atomic E-state index is 9.76. The molecule has 34 valence electrons. The molecule has 0 spiro atoms. The molecule has 0 N–H and O–H groups in total. The van der Waals surface area contributed by atoms with Crippen LogP contribution in [0.15, 0.2) is 11.4 Å². The number of hydrogen-bond acceptors (Lipinski definition) is 1. The molecule has 0 radical (unpaired) electrons. The molecule has 0 saturated heterocycles. The molecule has 0 aromatic heterocycles. The van der Waals surface area contributed by atoms with Gasteiger partial charge in [-0.05, 0) is 13.8 Å². The van der Waals surface area contributed by atoms with E-state index >= 15 is 0 Å². The number of hydrogen-bond donors (Lipinski definition) is 0. The van der Waals surface area contributed by atoms with Crippen molar-refractivity contribution in [1.82, 2.24) is 0 Å². The first kappa shape index (κ1) is 5.84. The van der Waals surface area contributed by atoms with Crippen LogP contribution in [0.5, 0.6) is 0 Å². The maximum atomic E-state index is 9.76. The average Bonchev–Trinajstić information content (AvgIpc) is 1.65. The van der Waals surface area contributed by atoms with Crippen LogP contribution in [0.25, 0.3) is 0 Å². The number of allylic oxidation sites excluding steroid dienone is 2. The molecule has 0 fully saturated rings. The van der Waals surface area contributed by atoms with Crippen LogP contribution in [-0.4, -0.2) is 0 Å². The molecule has 0 amide bonds. The smallest absolute Gasteiger partial charge is 0.187 e. The Balaban J connectivity index is 3.50. The van der Waals surface area contributed by atoms with Gasteiger partial charge in [0.15, 0.2) is 8.46 Å². The summed E-state index contributed by atoms with van der Waals surface area (Å²) >= 11 is 0. The maximum Gasteiger partial charge on any atom is 0.187 e. The summed E-state index contributed by atoms with van der Waals surface area (Å²) in [6.07, 6.45) is 1.81. The summed E-state index contributed by atoms with van der Waals surface area (Å²) in [7, 11) is 0.139. The molecule has 1 nitrogen and oxygen atoms in total. The molecule has 0 aliphatic rings. The van der Waals surface area contributed by atoms with Crippen molar-refractivity contribution in [1.29, 1.82) is 0 Å². The van der Waals surface area contributed by atoms with Crippen molar-refractivity contribution in [2.24, 2.45) is 0 Å². The first-order valence-corrected chi connectivity index (χ1v) is 2.58. The van der Waals surface area contributed by atoms with Crippen LogP contribution in [0.4, 0.5) is 0 Å². The second-order valence-electron chi connectivity index (χ2n) is 1.02. The molecule has 0 unspecified atom stereocenters. The van der Waals surface area contributed by atoms with Crippen LogP contribution in [0, 0.1) is 0 Å². The Hall–Kier alpha value is -0.160. The average molecular weight is 102 g/mol. The van der Waals surface area contributed by atoms with Gasteiger partial charge in [-0.1, -0.05) is 6.08 Å². The van der Waals surface area contributed by atoms with Crippen molar-refractivity contribution < 1.29 is 4.57 Å². The molecule has 0 aliphatic carbocycles. The third-order valence-electron chi connectivity index (χ3n) is 0.562. The van der Waals surface area contributed by atoms with Gasteiger partial charge in [-0.15, -0.1) is 0 Å². The van der Waals surface area contributed by atoms with E-state index in [9.17, 15) is 4.57 Å². The highest BCUT2D eigenvalue weighted by atomic mass is 31.1. The van der Waals surface area contributed by atoms with Gasteiger partial charge in [0, 0.05) is 5.31 Å². The molecule has 6 heavy (non-hydrogen) atoms. The summed E-state index contributed by atoms with van der Waals surface area (Å²) in [6.45, 7) is 3.68. The van der Waals surface area contributed by atoms with Gasteiger partial charge in [0.25, 0.3) is 0 Å². The van der Waals surface area contributed by atoms with Crippen LogP contribution in [0.2, 0.25) is 0 Å². The lowest BCUT2D eigenvalue weighted by Gasteiger charge is -1.71. The van der Waals surface area contributed by atoms with Crippen molar-refractivity contribution in [2.45, 2.75) is 13.8 Å². The molecule has 0 atom stereocenters. The van der Waals surface area contributed by atoms with E-state index < -0.39 is 0 Å². The van der Waals surface area contributed by atoms with E-state index in [2.05, 4.69) is 0 Å². The van der Waals surface area contributed by atoms with Crippen LogP contribution in [-0.2, 0) is 4.57 Å². The Morgan fingerprint density at radius 3 is 2.33 bits per heavy atom. The first-order valence-electron chi connectivity index (χ1n) is 1.77. The van der Waals surface area contributed by atoms with Crippen molar-refractivity contribution in [3.8, 4) is 0 Å². The van der Waals surface area contributed by atoms with Crippen LogP contribution in [0.1, 0.15) is 13.8 Å². The SMILES string of the molecule is CC=C(C)P=O. The zero-order chi connectivity index (χ0) is 4.99. The summed E-state index contributed by atoms with van der Waals surface area (Å²) in [6, 6.07) is 0. The minimum absolute atomic E-state index is 0.139. The summed E-state index contributed by atoms with van der Waals surface area (Å²) in [5.41, 5.74) is 0. The fourth-order valence-corrected chi connectivity index (χ4v) is 0.158. The summed E-state index contributed by atoms with van der Waals surface area (Å²) in [5.74, 6) is 0. The van der Waals surface area contributed by atoms with E-state index in [0.29, 0.717) is 0 Å². The highest BCUT2D eigenvalue weighted by molar-refractivity contribution is 7.29. The fraction of sp³-hybridized carbons (Fsp3) is 0.500. The summed E-state index contributed by atoms with van der Waals surface area (Å²) in [4.78, 5) is 0. The molecule has 0 rings (SSSR count). The molecule has 0 bridgehead atoms. The van der Waals surface area contributed by atoms with Crippen LogP contribution in [0.3, 0.4) is 0 Å². The van der Waals surface area contributed by atoms with Gasteiger partial charge in [-0.2, -0.15) is 0 Å². The predicted octanol–water partition coefficient (Wildman–Crippen LogP) is 2.20. The van der Waals surface area contributed by atoms with E-state index in [0.717, 1.165) is 5.31 Å². The largest absolute Gasteiger partial charge is 0.270 e. The lowest BCUT2D eigenvalue weighted by Crippen LogP contribution is -1.47. The Morgan fingerprint density at radius 2 is 2.33 bits per heavy atom. The Bertz CT molecular complexity index is 75.6. The van der Waals surface area contributed by atoms with E-state index in [1.807, 2.05) is 19.9 Å². The van der Waals surface area contributed by atoms with Crippen molar-refractivity contribution in [2.75, 3.05) is 0 Å². The highest BCUT2D eigenvalue weighted by Crippen LogP contribution is 2.07. The Labute approximate surface area is 39.3 Å². The van der Waals surface area contributed by atoms with Crippen molar-refractivity contribution in [3.63, 3.8) is 0 Å². The Morgan fingerprint density at radius 1 is 1.83 bits per heavy atom.